The first kappa shape index (κ1) is 11.2. The summed E-state index contributed by atoms with van der Waals surface area (Å²) >= 11 is 1.74. The minimum absolute atomic E-state index is 0.0359. The van der Waals surface area contributed by atoms with Crippen LogP contribution >= 0.6 is 11.3 Å². The number of methoxy groups -OCH3 is 1. The van der Waals surface area contributed by atoms with E-state index in [1.807, 2.05) is 24.3 Å². The van der Waals surface area contributed by atoms with Gasteiger partial charge in [0.2, 0.25) is 0 Å². The van der Waals surface area contributed by atoms with Crippen LogP contribution in [0.1, 0.15) is 16.5 Å². The Morgan fingerprint density at radius 3 is 2.88 bits per heavy atom. The van der Waals surface area contributed by atoms with Crippen molar-refractivity contribution in [3.8, 4) is 5.75 Å². The van der Waals surface area contributed by atoms with E-state index in [0.29, 0.717) is 0 Å². The quantitative estimate of drug-likeness (QED) is 0.881. The highest BCUT2D eigenvalue weighted by Crippen LogP contribution is 2.22. The predicted molar refractivity (Wildman–Crippen MR) is 67.9 cm³/mol. The Hall–Kier alpha value is -1.32. The van der Waals surface area contributed by atoms with Gasteiger partial charge in [-0.25, -0.2) is 0 Å². The van der Waals surface area contributed by atoms with E-state index >= 15 is 0 Å². The van der Waals surface area contributed by atoms with Crippen LogP contribution in [-0.4, -0.2) is 7.11 Å². The fraction of sp³-hybridized carbons (Fsp3) is 0.231. The van der Waals surface area contributed by atoms with Crippen LogP contribution in [0.5, 0.6) is 5.75 Å². The van der Waals surface area contributed by atoms with Crippen molar-refractivity contribution in [3.63, 3.8) is 0 Å². The van der Waals surface area contributed by atoms with Crippen molar-refractivity contribution in [2.24, 2.45) is 5.73 Å². The highest BCUT2D eigenvalue weighted by atomic mass is 32.1. The molecule has 0 spiro atoms. The number of benzene rings is 1. The molecule has 1 aromatic heterocycles. The van der Waals surface area contributed by atoms with E-state index < -0.39 is 0 Å². The van der Waals surface area contributed by atoms with Crippen molar-refractivity contribution in [2.45, 2.75) is 12.5 Å². The first-order chi connectivity index (χ1) is 7.79. The molecule has 0 bridgehead atoms. The molecular weight excluding hydrogens is 218 g/mol. The number of hydrogen-bond acceptors (Lipinski definition) is 3. The number of thiophene rings is 1. The molecule has 0 saturated heterocycles. The van der Waals surface area contributed by atoms with Crippen LogP contribution in [0.4, 0.5) is 0 Å². The molecule has 1 aromatic carbocycles. The Balaban J connectivity index is 2.11. The molecule has 0 saturated carbocycles. The fourth-order valence-electron chi connectivity index (χ4n) is 1.64. The lowest BCUT2D eigenvalue weighted by Gasteiger charge is -2.11. The number of rotatable bonds is 4. The van der Waals surface area contributed by atoms with E-state index in [4.69, 9.17) is 10.5 Å². The Bertz CT molecular complexity index is 439. The smallest absolute Gasteiger partial charge is 0.119 e. The maximum Gasteiger partial charge on any atom is 0.119 e. The molecule has 0 aliphatic carbocycles. The average Bonchev–Trinajstić information content (AvgIpc) is 2.82. The molecule has 16 heavy (non-hydrogen) atoms. The largest absolute Gasteiger partial charge is 0.497 e. The molecule has 3 heteroatoms. The van der Waals surface area contributed by atoms with E-state index in [-0.39, 0.29) is 6.04 Å². The van der Waals surface area contributed by atoms with Crippen molar-refractivity contribution in [3.05, 3.63) is 52.2 Å². The summed E-state index contributed by atoms with van der Waals surface area (Å²) in [4.78, 5) is 1.32. The molecule has 0 fully saturated rings. The van der Waals surface area contributed by atoms with Crippen molar-refractivity contribution in [2.75, 3.05) is 7.11 Å². The Morgan fingerprint density at radius 2 is 2.19 bits per heavy atom. The van der Waals surface area contributed by atoms with Gasteiger partial charge in [-0.2, -0.15) is 0 Å². The van der Waals surface area contributed by atoms with Gasteiger partial charge in [0.05, 0.1) is 7.11 Å². The predicted octanol–water partition coefficient (Wildman–Crippen LogP) is 3.00. The minimum Gasteiger partial charge on any atom is -0.497 e. The van der Waals surface area contributed by atoms with Crippen molar-refractivity contribution in [1.82, 2.24) is 0 Å². The van der Waals surface area contributed by atoms with E-state index in [2.05, 4.69) is 17.5 Å². The molecule has 2 N–H and O–H groups in total. The van der Waals surface area contributed by atoms with Crippen LogP contribution < -0.4 is 10.5 Å². The summed E-state index contributed by atoms with van der Waals surface area (Å²) < 4.78 is 5.19. The monoisotopic (exact) mass is 233 g/mol. The third-order valence-electron chi connectivity index (χ3n) is 2.52. The third-order valence-corrected chi connectivity index (χ3v) is 3.42. The summed E-state index contributed by atoms with van der Waals surface area (Å²) in [5.74, 6) is 0.860. The molecule has 2 nitrogen and oxygen atoms in total. The van der Waals surface area contributed by atoms with Gasteiger partial charge in [-0.1, -0.05) is 18.2 Å². The second-order valence-electron chi connectivity index (χ2n) is 3.67. The highest BCUT2D eigenvalue weighted by molar-refractivity contribution is 7.09. The van der Waals surface area contributed by atoms with Crippen LogP contribution in [0.3, 0.4) is 0 Å². The summed E-state index contributed by atoms with van der Waals surface area (Å²) in [6, 6.07) is 12.2. The molecule has 1 atom stereocenters. The van der Waals surface area contributed by atoms with Crippen molar-refractivity contribution >= 4 is 11.3 Å². The highest BCUT2D eigenvalue weighted by Gasteiger charge is 2.08. The normalized spacial score (nSPS) is 12.4. The van der Waals surface area contributed by atoms with Gasteiger partial charge in [0.25, 0.3) is 0 Å². The summed E-state index contributed by atoms with van der Waals surface area (Å²) in [6.07, 6.45) is 0.880. The van der Waals surface area contributed by atoms with Gasteiger partial charge in [-0.15, -0.1) is 11.3 Å². The van der Waals surface area contributed by atoms with E-state index in [9.17, 15) is 0 Å². The second-order valence-corrected chi connectivity index (χ2v) is 4.70. The summed E-state index contributed by atoms with van der Waals surface area (Å²) in [5, 5.41) is 2.08. The van der Waals surface area contributed by atoms with Crippen LogP contribution in [0.2, 0.25) is 0 Å². The van der Waals surface area contributed by atoms with Gasteiger partial charge in [0.15, 0.2) is 0 Å². The Morgan fingerprint density at radius 1 is 1.31 bits per heavy atom. The van der Waals surface area contributed by atoms with Crippen molar-refractivity contribution < 1.29 is 4.74 Å². The SMILES string of the molecule is COc1cccc(C(N)Cc2cccs2)c1. The van der Waals surface area contributed by atoms with Gasteiger partial charge in [0.1, 0.15) is 5.75 Å². The number of hydrogen-bond donors (Lipinski definition) is 1. The van der Waals surface area contributed by atoms with Crippen LogP contribution in [0.25, 0.3) is 0 Å². The van der Waals surface area contributed by atoms with E-state index in [1.165, 1.54) is 4.88 Å². The molecule has 1 heterocycles. The van der Waals surface area contributed by atoms with Gasteiger partial charge >= 0.3 is 0 Å². The maximum atomic E-state index is 6.16. The molecule has 0 aliphatic heterocycles. The van der Waals surface area contributed by atoms with Crippen LogP contribution in [0.15, 0.2) is 41.8 Å². The fourth-order valence-corrected chi connectivity index (χ4v) is 2.40. The Kier molecular flexibility index (Phi) is 3.59. The maximum absolute atomic E-state index is 6.16. The van der Waals surface area contributed by atoms with Crippen molar-refractivity contribution in [1.29, 1.82) is 0 Å². The summed E-state index contributed by atoms with van der Waals surface area (Å²) in [6.45, 7) is 0. The lowest BCUT2D eigenvalue weighted by atomic mass is 10.0. The molecule has 0 radical (unpaired) electrons. The van der Waals surface area contributed by atoms with Gasteiger partial charge in [-0.3, -0.25) is 0 Å². The van der Waals surface area contributed by atoms with Gasteiger partial charge in [0, 0.05) is 17.3 Å². The van der Waals surface area contributed by atoms with E-state index in [0.717, 1.165) is 17.7 Å². The van der Waals surface area contributed by atoms with Crippen LogP contribution in [0, 0.1) is 0 Å². The second kappa shape index (κ2) is 5.14. The number of nitrogens with two attached hydrogens (primary N) is 1. The Labute approximate surface area is 99.7 Å². The van der Waals surface area contributed by atoms with Gasteiger partial charge < -0.3 is 10.5 Å². The molecule has 0 amide bonds. The van der Waals surface area contributed by atoms with Crippen LogP contribution in [-0.2, 0) is 6.42 Å². The average molecular weight is 233 g/mol. The lowest BCUT2D eigenvalue weighted by molar-refractivity contribution is 0.414. The topological polar surface area (TPSA) is 35.2 Å². The van der Waals surface area contributed by atoms with E-state index in [1.54, 1.807) is 18.4 Å². The van der Waals surface area contributed by atoms with Gasteiger partial charge in [-0.05, 0) is 29.1 Å². The molecule has 2 aromatic rings. The zero-order valence-corrected chi connectivity index (χ0v) is 10.0. The molecular formula is C13H15NOS. The zero-order chi connectivity index (χ0) is 11.4. The third kappa shape index (κ3) is 2.62. The lowest BCUT2D eigenvalue weighted by Crippen LogP contribution is -2.12. The zero-order valence-electron chi connectivity index (χ0n) is 9.22. The number of ether oxygens (including phenoxy) is 1. The standard InChI is InChI=1S/C13H15NOS/c1-15-11-5-2-4-10(8-11)13(14)9-12-6-3-7-16-12/h2-8,13H,9,14H2,1H3. The molecule has 84 valence electrons. The molecule has 2 rings (SSSR count). The first-order valence-corrected chi connectivity index (χ1v) is 6.09. The minimum atomic E-state index is 0.0359. The first-order valence-electron chi connectivity index (χ1n) is 5.21. The molecule has 1 unspecified atom stereocenters. The molecule has 0 aliphatic rings. The summed E-state index contributed by atoms with van der Waals surface area (Å²) in [7, 11) is 1.67. The summed E-state index contributed by atoms with van der Waals surface area (Å²) in [5.41, 5.74) is 7.28.